The summed E-state index contributed by atoms with van der Waals surface area (Å²) in [6, 6.07) is 13.6. The zero-order valence-electron chi connectivity index (χ0n) is 17.4. The van der Waals surface area contributed by atoms with E-state index in [-0.39, 0.29) is 12.5 Å². The second kappa shape index (κ2) is 10.1. The fourth-order valence-electron chi connectivity index (χ4n) is 3.05. The maximum absolute atomic E-state index is 13.3. The van der Waals surface area contributed by atoms with Gasteiger partial charge in [0.15, 0.2) is 0 Å². The minimum atomic E-state index is -3.74. The summed E-state index contributed by atoms with van der Waals surface area (Å²) >= 11 is 3.35. The molecule has 0 radical (unpaired) electrons. The zero-order chi connectivity index (χ0) is 22.5. The van der Waals surface area contributed by atoms with Crippen molar-refractivity contribution < 1.29 is 18.0 Å². The molecule has 0 fully saturated rings. The SMILES string of the molecule is CNC(=O)C(C)N(Cc1cccc(C)c1)C(=O)CN(c1ccccc1Br)S(C)(=O)=O. The van der Waals surface area contributed by atoms with Gasteiger partial charge in [-0.3, -0.25) is 13.9 Å². The highest BCUT2D eigenvalue weighted by Crippen LogP contribution is 2.28. The third-order valence-electron chi connectivity index (χ3n) is 4.65. The Labute approximate surface area is 186 Å². The number of benzene rings is 2. The smallest absolute Gasteiger partial charge is 0.244 e. The standard InChI is InChI=1S/C21H26BrN3O4S/c1-15-8-7-9-17(12-15)13-24(16(2)21(27)23-3)20(26)14-25(30(4,28)29)19-11-6-5-10-18(19)22/h5-12,16H,13-14H2,1-4H3,(H,23,27). The maximum atomic E-state index is 13.3. The summed E-state index contributed by atoms with van der Waals surface area (Å²) in [4.78, 5) is 26.9. The van der Waals surface area contributed by atoms with Crippen LogP contribution in [0.15, 0.2) is 53.0 Å². The quantitative estimate of drug-likeness (QED) is 0.609. The molecule has 1 unspecified atom stereocenters. The Kier molecular flexibility index (Phi) is 8.03. The van der Waals surface area contributed by atoms with Gasteiger partial charge in [0, 0.05) is 18.1 Å². The molecule has 2 rings (SSSR count). The number of nitrogens with zero attached hydrogens (tertiary/aromatic N) is 2. The van der Waals surface area contributed by atoms with Gasteiger partial charge in [0.05, 0.1) is 11.9 Å². The van der Waals surface area contributed by atoms with E-state index in [0.29, 0.717) is 10.2 Å². The highest BCUT2D eigenvalue weighted by Gasteiger charge is 2.30. The van der Waals surface area contributed by atoms with Crippen LogP contribution in [0.1, 0.15) is 18.1 Å². The second-order valence-corrected chi connectivity index (χ2v) is 9.78. The van der Waals surface area contributed by atoms with Crippen LogP contribution in [0.5, 0.6) is 0 Å². The largest absolute Gasteiger partial charge is 0.357 e. The van der Waals surface area contributed by atoms with E-state index in [1.165, 1.54) is 11.9 Å². The molecule has 0 aliphatic carbocycles. The number of para-hydroxylation sites is 1. The number of nitrogens with one attached hydrogen (secondary N) is 1. The molecule has 30 heavy (non-hydrogen) atoms. The summed E-state index contributed by atoms with van der Waals surface area (Å²) in [5, 5.41) is 2.55. The van der Waals surface area contributed by atoms with Gasteiger partial charge in [0.1, 0.15) is 12.6 Å². The van der Waals surface area contributed by atoms with Gasteiger partial charge >= 0.3 is 0 Å². The third-order valence-corrected chi connectivity index (χ3v) is 6.45. The number of carbonyl (C=O) groups excluding carboxylic acids is 2. The van der Waals surface area contributed by atoms with Crippen molar-refractivity contribution in [3.05, 3.63) is 64.1 Å². The van der Waals surface area contributed by atoms with Crippen molar-refractivity contribution in [1.29, 1.82) is 0 Å². The topological polar surface area (TPSA) is 86.8 Å². The second-order valence-electron chi connectivity index (χ2n) is 7.02. The average Bonchev–Trinajstić information content (AvgIpc) is 2.69. The van der Waals surface area contributed by atoms with Gasteiger partial charge in [0.25, 0.3) is 0 Å². The minimum absolute atomic E-state index is 0.183. The summed E-state index contributed by atoms with van der Waals surface area (Å²) < 4.78 is 26.5. The van der Waals surface area contributed by atoms with E-state index < -0.39 is 28.5 Å². The van der Waals surface area contributed by atoms with Crippen molar-refractivity contribution in [3.63, 3.8) is 0 Å². The molecule has 7 nitrogen and oxygen atoms in total. The zero-order valence-corrected chi connectivity index (χ0v) is 19.8. The van der Waals surface area contributed by atoms with E-state index >= 15 is 0 Å². The van der Waals surface area contributed by atoms with Crippen molar-refractivity contribution in [2.75, 3.05) is 24.2 Å². The fourth-order valence-corrected chi connectivity index (χ4v) is 4.53. The molecule has 9 heteroatoms. The lowest BCUT2D eigenvalue weighted by Gasteiger charge is -2.31. The van der Waals surface area contributed by atoms with Gasteiger partial charge in [-0.1, -0.05) is 42.0 Å². The van der Waals surface area contributed by atoms with Gasteiger partial charge in [-0.25, -0.2) is 8.42 Å². The molecule has 0 heterocycles. The summed E-state index contributed by atoms with van der Waals surface area (Å²) in [7, 11) is -2.25. The lowest BCUT2D eigenvalue weighted by Crippen LogP contribution is -2.50. The van der Waals surface area contributed by atoms with Crippen molar-refractivity contribution in [1.82, 2.24) is 10.2 Å². The van der Waals surface area contributed by atoms with Crippen LogP contribution in [0.2, 0.25) is 0 Å². The van der Waals surface area contributed by atoms with Gasteiger partial charge in [-0.05, 0) is 47.5 Å². The van der Waals surface area contributed by atoms with Crippen LogP contribution >= 0.6 is 15.9 Å². The first-order valence-corrected chi connectivity index (χ1v) is 12.0. The highest BCUT2D eigenvalue weighted by atomic mass is 79.9. The van der Waals surface area contributed by atoms with Crippen LogP contribution in [0.3, 0.4) is 0 Å². The van der Waals surface area contributed by atoms with Crippen LogP contribution in [0, 0.1) is 6.92 Å². The Morgan fingerprint density at radius 2 is 1.80 bits per heavy atom. The fraction of sp³-hybridized carbons (Fsp3) is 0.333. The normalized spacial score (nSPS) is 12.2. The number of likely N-dealkylation sites (N-methyl/N-ethyl adjacent to an activating group) is 1. The highest BCUT2D eigenvalue weighted by molar-refractivity contribution is 9.10. The predicted octanol–water partition coefficient (Wildman–Crippen LogP) is 2.69. The monoisotopic (exact) mass is 495 g/mol. The first-order chi connectivity index (χ1) is 14.0. The number of amides is 2. The summed E-state index contributed by atoms with van der Waals surface area (Å²) in [5.41, 5.74) is 2.24. The number of rotatable bonds is 8. The Bertz CT molecular complexity index is 1030. The van der Waals surface area contributed by atoms with E-state index in [1.54, 1.807) is 31.2 Å². The Morgan fingerprint density at radius 3 is 2.37 bits per heavy atom. The van der Waals surface area contributed by atoms with Crippen LogP contribution in [0.25, 0.3) is 0 Å². The van der Waals surface area contributed by atoms with Gasteiger partial charge in [-0.2, -0.15) is 0 Å². The van der Waals surface area contributed by atoms with Gasteiger partial charge in [-0.15, -0.1) is 0 Å². The van der Waals surface area contributed by atoms with Crippen LogP contribution in [-0.4, -0.2) is 51.0 Å². The van der Waals surface area contributed by atoms with E-state index in [2.05, 4.69) is 21.2 Å². The molecule has 2 aromatic carbocycles. The van der Waals surface area contributed by atoms with Gasteiger partial charge < -0.3 is 10.2 Å². The molecule has 1 N–H and O–H groups in total. The molecule has 0 spiro atoms. The summed E-state index contributed by atoms with van der Waals surface area (Å²) in [6.07, 6.45) is 1.05. The number of carbonyl (C=O) groups is 2. The van der Waals surface area contributed by atoms with E-state index in [1.807, 2.05) is 31.2 Å². The maximum Gasteiger partial charge on any atom is 0.244 e. The van der Waals surface area contributed by atoms with Crippen LogP contribution in [0.4, 0.5) is 5.69 Å². The summed E-state index contributed by atoms with van der Waals surface area (Å²) in [6.45, 7) is 3.32. The number of hydrogen-bond donors (Lipinski definition) is 1. The minimum Gasteiger partial charge on any atom is -0.357 e. The van der Waals surface area contributed by atoms with Crippen molar-refractivity contribution in [2.45, 2.75) is 26.4 Å². The molecule has 2 amide bonds. The molecule has 0 bridgehead atoms. The number of hydrogen-bond acceptors (Lipinski definition) is 4. The summed E-state index contributed by atoms with van der Waals surface area (Å²) in [5.74, 6) is -0.809. The number of anilines is 1. The predicted molar refractivity (Wildman–Crippen MR) is 122 cm³/mol. The van der Waals surface area contributed by atoms with Crippen molar-refractivity contribution >= 4 is 43.5 Å². The molecular formula is C21H26BrN3O4S. The lowest BCUT2D eigenvalue weighted by atomic mass is 10.1. The first-order valence-electron chi connectivity index (χ1n) is 9.33. The van der Waals surface area contributed by atoms with Gasteiger partial charge in [0.2, 0.25) is 21.8 Å². The number of aryl methyl sites for hydroxylation is 1. The van der Waals surface area contributed by atoms with E-state index in [0.717, 1.165) is 21.7 Å². The first kappa shape index (κ1) is 23.9. The molecule has 0 aromatic heterocycles. The van der Waals surface area contributed by atoms with Crippen molar-refractivity contribution in [3.8, 4) is 0 Å². The number of halogens is 1. The Morgan fingerprint density at radius 1 is 1.13 bits per heavy atom. The Balaban J connectivity index is 2.40. The molecule has 2 aromatic rings. The molecule has 0 saturated heterocycles. The molecule has 1 atom stereocenters. The Hall–Kier alpha value is -2.39. The number of sulfonamides is 1. The lowest BCUT2D eigenvalue weighted by molar-refractivity contribution is -0.139. The van der Waals surface area contributed by atoms with Crippen molar-refractivity contribution in [2.24, 2.45) is 0 Å². The molecule has 0 aliphatic heterocycles. The van der Waals surface area contributed by atoms with Crippen LogP contribution in [-0.2, 0) is 26.2 Å². The molecular weight excluding hydrogens is 470 g/mol. The van der Waals surface area contributed by atoms with E-state index in [9.17, 15) is 18.0 Å². The average molecular weight is 496 g/mol. The molecule has 162 valence electrons. The molecule has 0 aliphatic rings. The third kappa shape index (κ3) is 6.06. The molecule has 0 saturated carbocycles. The van der Waals surface area contributed by atoms with E-state index in [4.69, 9.17) is 0 Å². The van der Waals surface area contributed by atoms with Crippen LogP contribution < -0.4 is 9.62 Å².